The highest BCUT2D eigenvalue weighted by Gasteiger charge is 2.23. The molecule has 0 saturated carbocycles. The van der Waals surface area contributed by atoms with E-state index in [9.17, 15) is 17.6 Å². The summed E-state index contributed by atoms with van der Waals surface area (Å²) >= 11 is 0. The lowest BCUT2D eigenvalue weighted by atomic mass is 9.96. The zero-order chi connectivity index (χ0) is 15.6. The van der Waals surface area contributed by atoms with Crippen LogP contribution in [0.2, 0.25) is 0 Å². The van der Waals surface area contributed by atoms with Crippen molar-refractivity contribution < 1.29 is 17.6 Å². The van der Waals surface area contributed by atoms with Crippen LogP contribution in [0.3, 0.4) is 0 Å². The van der Waals surface area contributed by atoms with E-state index in [1.54, 1.807) is 6.92 Å². The smallest absolute Gasteiger partial charge is 0.163 e. The van der Waals surface area contributed by atoms with Gasteiger partial charge in [0.1, 0.15) is 11.6 Å². The summed E-state index contributed by atoms with van der Waals surface area (Å²) in [5.74, 6) is -3.35. The average Bonchev–Trinajstić information content (AvgIpc) is 2.44. The summed E-state index contributed by atoms with van der Waals surface area (Å²) in [5, 5.41) is 2.86. The lowest BCUT2D eigenvalue weighted by Gasteiger charge is -2.21. The van der Waals surface area contributed by atoms with Crippen LogP contribution in [-0.2, 0) is 0 Å². The maximum absolute atomic E-state index is 14.1. The van der Waals surface area contributed by atoms with Gasteiger partial charge in [0.15, 0.2) is 11.6 Å². The van der Waals surface area contributed by atoms with Gasteiger partial charge in [-0.2, -0.15) is 0 Å². The van der Waals surface area contributed by atoms with Crippen molar-refractivity contribution in [2.75, 3.05) is 6.54 Å². The molecule has 1 atom stereocenters. The summed E-state index contributed by atoms with van der Waals surface area (Å²) < 4.78 is 55.1. The van der Waals surface area contributed by atoms with E-state index in [4.69, 9.17) is 0 Å². The Labute approximate surface area is 120 Å². The standard InChI is InChI=1S/C16H15F4N/c1-3-21-16(10-5-4-6-12(17)15(10)20)11-8-13(18)9(2)7-14(11)19/h4-8,16,21H,3H2,1-2H3. The molecular formula is C16H15F4N. The molecule has 2 aromatic carbocycles. The third-order valence-corrected chi connectivity index (χ3v) is 3.29. The molecule has 0 heterocycles. The number of rotatable bonds is 4. The van der Waals surface area contributed by atoms with Crippen LogP contribution >= 0.6 is 0 Å². The van der Waals surface area contributed by atoms with Crippen LogP contribution in [0, 0.1) is 30.2 Å². The molecule has 1 nitrogen and oxygen atoms in total. The second kappa shape index (κ2) is 6.26. The molecule has 0 fully saturated rings. The lowest BCUT2D eigenvalue weighted by molar-refractivity contribution is 0.475. The van der Waals surface area contributed by atoms with E-state index < -0.39 is 29.3 Å². The fourth-order valence-corrected chi connectivity index (χ4v) is 2.22. The minimum Gasteiger partial charge on any atom is -0.306 e. The number of benzene rings is 2. The van der Waals surface area contributed by atoms with Crippen molar-refractivity contribution in [2.24, 2.45) is 0 Å². The Kier molecular flexibility index (Phi) is 4.63. The summed E-state index contributed by atoms with van der Waals surface area (Å²) in [7, 11) is 0. The van der Waals surface area contributed by atoms with Crippen molar-refractivity contribution in [3.63, 3.8) is 0 Å². The molecule has 0 amide bonds. The number of aryl methyl sites for hydroxylation is 1. The Hall–Kier alpha value is -1.88. The Balaban J connectivity index is 2.59. The first-order valence-corrected chi connectivity index (χ1v) is 6.58. The summed E-state index contributed by atoms with van der Waals surface area (Å²) in [6.45, 7) is 3.56. The van der Waals surface area contributed by atoms with Gasteiger partial charge in [0, 0.05) is 11.1 Å². The van der Waals surface area contributed by atoms with E-state index in [0.29, 0.717) is 6.54 Å². The SMILES string of the molecule is CCNC(c1cc(F)c(C)cc1F)c1cccc(F)c1F. The van der Waals surface area contributed by atoms with Gasteiger partial charge in [-0.25, -0.2) is 17.6 Å². The molecule has 1 unspecified atom stereocenters. The predicted molar refractivity (Wildman–Crippen MR) is 73.0 cm³/mol. The molecule has 5 heteroatoms. The van der Waals surface area contributed by atoms with E-state index in [-0.39, 0.29) is 16.7 Å². The van der Waals surface area contributed by atoms with Crippen LogP contribution in [0.25, 0.3) is 0 Å². The summed E-state index contributed by atoms with van der Waals surface area (Å²) in [5.41, 5.74) is 0.0506. The van der Waals surface area contributed by atoms with Gasteiger partial charge in [-0.15, -0.1) is 0 Å². The normalized spacial score (nSPS) is 12.5. The Morgan fingerprint density at radius 2 is 1.67 bits per heavy atom. The molecule has 2 aromatic rings. The van der Waals surface area contributed by atoms with E-state index in [1.165, 1.54) is 19.1 Å². The van der Waals surface area contributed by atoms with E-state index >= 15 is 0 Å². The van der Waals surface area contributed by atoms with Gasteiger partial charge in [0.2, 0.25) is 0 Å². The first kappa shape index (κ1) is 15.5. The lowest BCUT2D eigenvalue weighted by Crippen LogP contribution is -2.24. The van der Waals surface area contributed by atoms with Crippen LogP contribution in [0.15, 0.2) is 30.3 Å². The second-order valence-electron chi connectivity index (χ2n) is 4.76. The molecule has 0 radical (unpaired) electrons. The average molecular weight is 297 g/mol. The van der Waals surface area contributed by atoms with Gasteiger partial charge in [0.25, 0.3) is 0 Å². The molecule has 0 aliphatic heterocycles. The van der Waals surface area contributed by atoms with E-state index in [2.05, 4.69) is 5.32 Å². The fourth-order valence-electron chi connectivity index (χ4n) is 2.22. The van der Waals surface area contributed by atoms with Crippen molar-refractivity contribution in [3.05, 3.63) is 70.3 Å². The largest absolute Gasteiger partial charge is 0.306 e. The van der Waals surface area contributed by atoms with Gasteiger partial charge in [-0.1, -0.05) is 19.1 Å². The Morgan fingerprint density at radius 3 is 2.33 bits per heavy atom. The molecule has 0 bridgehead atoms. The third-order valence-electron chi connectivity index (χ3n) is 3.29. The number of hydrogen-bond acceptors (Lipinski definition) is 1. The van der Waals surface area contributed by atoms with Crippen molar-refractivity contribution in [3.8, 4) is 0 Å². The van der Waals surface area contributed by atoms with Crippen LogP contribution in [-0.4, -0.2) is 6.54 Å². The first-order chi connectivity index (χ1) is 9.95. The Bertz CT molecular complexity index is 655. The highest BCUT2D eigenvalue weighted by atomic mass is 19.2. The van der Waals surface area contributed by atoms with Crippen molar-refractivity contribution in [1.82, 2.24) is 5.32 Å². The number of nitrogens with one attached hydrogen (secondary N) is 1. The molecule has 0 aliphatic rings. The summed E-state index contributed by atoms with van der Waals surface area (Å²) in [6.07, 6.45) is 0. The quantitative estimate of drug-likeness (QED) is 0.832. The predicted octanol–water partition coefficient (Wildman–Crippen LogP) is 4.25. The monoisotopic (exact) mass is 297 g/mol. The molecule has 0 aromatic heterocycles. The number of halogens is 4. The molecular weight excluding hydrogens is 282 g/mol. The highest BCUT2D eigenvalue weighted by Crippen LogP contribution is 2.29. The maximum atomic E-state index is 14.1. The fraction of sp³-hybridized carbons (Fsp3) is 0.250. The van der Waals surface area contributed by atoms with Crippen LogP contribution < -0.4 is 5.32 Å². The van der Waals surface area contributed by atoms with Crippen molar-refractivity contribution in [1.29, 1.82) is 0 Å². The van der Waals surface area contributed by atoms with Gasteiger partial charge in [0.05, 0.1) is 6.04 Å². The zero-order valence-corrected chi connectivity index (χ0v) is 11.7. The van der Waals surface area contributed by atoms with Crippen LogP contribution in [0.1, 0.15) is 29.7 Å². The van der Waals surface area contributed by atoms with Gasteiger partial charge < -0.3 is 5.32 Å². The Morgan fingerprint density at radius 1 is 0.952 bits per heavy atom. The van der Waals surface area contributed by atoms with E-state index in [0.717, 1.165) is 18.2 Å². The van der Waals surface area contributed by atoms with Crippen molar-refractivity contribution in [2.45, 2.75) is 19.9 Å². The highest BCUT2D eigenvalue weighted by molar-refractivity contribution is 5.36. The van der Waals surface area contributed by atoms with Gasteiger partial charge >= 0.3 is 0 Å². The molecule has 112 valence electrons. The summed E-state index contributed by atoms with van der Waals surface area (Å²) in [4.78, 5) is 0. The van der Waals surface area contributed by atoms with Crippen molar-refractivity contribution >= 4 is 0 Å². The maximum Gasteiger partial charge on any atom is 0.163 e. The topological polar surface area (TPSA) is 12.0 Å². The van der Waals surface area contributed by atoms with Crippen LogP contribution in [0.4, 0.5) is 17.6 Å². The summed E-state index contributed by atoms with van der Waals surface area (Å²) in [6, 6.07) is 4.77. The van der Waals surface area contributed by atoms with Crippen LogP contribution in [0.5, 0.6) is 0 Å². The minimum absolute atomic E-state index is 0.0514. The molecule has 21 heavy (non-hydrogen) atoms. The third kappa shape index (κ3) is 3.08. The molecule has 1 N–H and O–H groups in total. The number of hydrogen-bond donors (Lipinski definition) is 1. The molecule has 0 saturated heterocycles. The zero-order valence-electron chi connectivity index (χ0n) is 11.7. The minimum atomic E-state index is -1.07. The second-order valence-corrected chi connectivity index (χ2v) is 4.76. The van der Waals surface area contributed by atoms with Gasteiger partial charge in [-0.3, -0.25) is 0 Å². The van der Waals surface area contributed by atoms with E-state index in [1.807, 2.05) is 0 Å². The molecule has 0 aliphatic carbocycles. The van der Waals surface area contributed by atoms with Gasteiger partial charge in [-0.05, 0) is 37.2 Å². The first-order valence-electron chi connectivity index (χ1n) is 6.58. The molecule has 0 spiro atoms. The molecule has 2 rings (SSSR count).